The Kier molecular flexibility index (Phi) is 3.18. The topological polar surface area (TPSA) is 41.1 Å². The molecule has 0 aliphatic heterocycles. The molecule has 0 unspecified atom stereocenters. The summed E-state index contributed by atoms with van der Waals surface area (Å²) in [7, 11) is 1.45. The van der Waals surface area contributed by atoms with Crippen LogP contribution in [0.2, 0.25) is 0 Å². The molecule has 0 aliphatic carbocycles. The molecule has 0 saturated heterocycles. The molecule has 0 spiro atoms. The van der Waals surface area contributed by atoms with Gasteiger partial charge in [0.1, 0.15) is 0 Å². The van der Waals surface area contributed by atoms with Gasteiger partial charge in [0.05, 0.1) is 0 Å². The number of nitrogens with one attached hydrogen (secondary N) is 2. The molecule has 1 aromatic carbocycles. The van der Waals surface area contributed by atoms with Gasteiger partial charge in [0.15, 0.2) is 0 Å². The number of hydrogen-bond donors (Lipinski definition) is 2. The Labute approximate surface area is 84.3 Å². The van der Waals surface area contributed by atoms with Crippen molar-refractivity contribution in [1.29, 1.82) is 0 Å². The Balaban J connectivity index is 2.77. The van der Waals surface area contributed by atoms with Gasteiger partial charge in [0.2, 0.25) is 0 Å². The first-order chi connectivity index (χ1) is 6.92. The van der Waals surface area contributed by atoms with E-state index >= 15 is 0 Å². The van der Waals surface area contributed by atoms with Crippen LogP contribution in [0.4, 0.5) is 18.9 Å². The number of benzene rings is 1. The third-order valence-electron chi connectivity index (χ3n) is 1.66. The molecule has 1 rings (SSSR count). The van der Waals surface area contributed by atoms with Crippen molar-refractivity contribution in [2.24, 2.45) is 0 Å². The molecule has 15 heavy (non-hydrogen) atoms. The van der Waals surface area contributed by atoms with Crippen LogP contribution in [0, 0.1) is 0 Å². The van der Waals surface area contributed by atoms with Gasteiger partial charge in [-0.1, -0.05) is 0 Å². The third kappa shape index (κ3) is 3.49. The maximum atomic E-state index is 11.9. The Hall–Kier alpha value is -1.72. The smallest absolute Gasteiger partial charge is 0.355 e. The minimum atomic E-state index is -4.46. The molecular weight excluding hydrogens is 209 g/mol. The lowest BCUT2D eigenvalue weighted by Crippen LogP contribution is -2.21. The van der Waals surface area contributed by atoms with E-state index in [1.807, 2.05) is 0 Å². The lowest BCUT2D eigenvalue weighted by Gasteiger charge is -2.09. The molecule has 0 aliphatic rings. The largest absolute Gasteiger partial charge is 0.482 e. The van der Waals surface area contributed by atoms with Crippen LogP contribution in [0.25, 0.3) is 0 Å². The summed E-state index contributed by atoms with van der Waals surface area (Å²) in [6, 6.07) is 5.01. The molecule has 3 nitrogen and oxygen atoms in total. The molecule has 0 heterocycles. The summed E-state index contributed by atoms with van der Waals surface area (Å²) in [5.41, 5.74) is 0.209. The van der Waals surface area contributed by atoms with Crippen LogP contribution >= 0.6 is 0 Å². The molecule has 82 valence electrons. The first kappa shape index (κ1) is 11.4. The average Bonchev–Trinajstić information content (AvgIpc) is 2.15. The van der Waals surface area contributed by atoms with Gasteiger partial charge in [-0.3, -0.25) is 10.1 Å². The summed E-state index contributed by atoms with van der Waals surface area (Å²) in [5.74, 6) is -0.339. The summed E-state index contributed by atoms with van der Waals surface area (Å²) in [6.07, 6.45) is -4.46. The van der Waals surface area contributed by atoms with E-state index in [9.17, 15) is 18.0 Å². The molecule has 6 heteroatoms. The van der Waals surface area contributed by atoms with Crippen LogP contribution in [0.15, 0.2) is 24.3 Å². The first-order valence-electron chi connectivity index (χ1n) is 4.09. The van der Waals surface area contributed by atoms with Gasteiger partial charge in [0.25, 0.3) is 5.91 Å². The minimum absolute atomic E-state index is 0.102. The van der Waals surface area contributed by atoms with Gasteiger partial charge in [0, 0.05) is 18.3 Å². The number of anilines is 1. The maximum Gasteiger partial charge on any atom is 0.482 e. The highest BCUT2D eigenvalue weighted by atomic mass is 19.4. The van der Waals surface area contributed by atoms with Crippen LogP contribution in [0.1, 0.15) is 10.4 Å². The fourth-order valence-corrected chi connectivity index (χ4v) is 1.01. The Morgan fingerprint density at radius 1 is 1.20 bits per heavy atom. The van der Waals surface area contributed by atoms with Crippen LogP contribution < -0.4 is 10.6 Å². The predicted molar refractivity (Wildman–Crippen MR) is 49.5 cm³/mol. The molecule has 0 atom stereocenters. The van der Waals surface area contributed by atoms with Gasteiger partial charge in [-0.05, 0) is 24.3 Å². The second-order valence-corrected chi connectivity index (χ2v) is 2.78. The van der Waals surface area contributed by atoms with Crippen molar-refractivity contribution < 1.29 is 18.0 Å². The summed E-state index contributed by atoms with van der Waals surface area (Å²) < 4.78 is 35.6. The minimum Gasteiger partial charge on any atom is -0.355 e. The lowest BCUT2D eigenvalue weighted by atomic mass is 10.2. The van der Waals surface area contributed by atoms with E-state index in [0.717, 1.165) is 0 Å². The molecule has 0 fully saturated rings. The number of halogens is 3. The van der Waals surface area contributed by atoms with E-state index in [-0.39, 0.29) is 11.6 Å². The third-order valence-corrected chi connectivity index (χ3v) is 1.66. The number of alkyl halides is 3. The van der Waals surface area contributed by atoms with Crippen LogP contribution in [-0.2, 0) is 0 Å². The average molecular weight is 218 g/mol. The quantitative estimate of drug-likeness (QED) is 0.745. The first-order valence-corrected chi connectivity index (χ1v) is 4.09. The number of carbonyl (C=O) groups is 1. The molecular formula is C9H9F3N2O. The van der Waals surface area contributed by atoms with Crippen molar-refractivity contribution in [3.05, 3.63) is 29.8 Å². The van der Waals surface area contributed by atoms with E-state index in [4.69, 9.17) is 0 Å². The lowest BCUT2D eigenvalue weighted by molar-refractivity contribution is -0.0999. The van der Waals surface area contributed by atoms with Gasteiger partial charge in [-0.25, -0.2) is 0 Å². The Morgan fingerprint density at radius 3 is 2.13 bits per heavy atom. The summed E-state index contributed by atoms with van der Waals surface area (Å²) in [6.45, 7) is 0. The molecule has 2 N–H and O–H groups in total. The zero-order valence-electron chi connectivity index (χ0n) is 7.85. The van der Waals surface area contributed by atoms with Crippen LogP contribution in [0.5, 0.6) is 0 Å². The van der Waals surface area contributed by atoms with Gasteiger partial charge in [-0.15, -0.1) is 0 Å². The molecule has 0 bridgehead atoms. The predicted octanol–water partition coefficient (Wildman–Crippen LogP) is 1.98. The molecule has 1 amide bonds. The summed E-state index contributed by atoms with van der Waals surface area (Å²) in [4.78, 5) is 11.1. The summed E-state index contributed by atoms with van der Waals surface area (Å²) >= 11 is 0. The van der Waals surface area contributed by atoms with E-state index < -0.39 is 6.30 Å². The second-order valence-electron chi connectivity index (χ2n) is 2.78. The van der Waals surface area contributed by atoms with Crippen molar-refractivity contribution in [2.45, 2.75) is 6.30 Å². The van der Waals surface area contributed by atoms with Crippen molar-refractivity contribution >= 4 is 11.6 Å². The highest BCUT2D eigenvalue weighted by Crippen LogP contribution is 2.19. The van der Waals surface area contributed by atoms with Gasteiger partial charge >= 0.3 is 6.30 Å². The Bertz CT molecular complexity index is 345. The molecule has 1 aromatic rings. The van der Waals surface area contributed by atoms with Crippen molar-refractivity contribution in [1.82, 2.24) is 5.32 Å². The van der Waals surface area contributed by atoms with E-state index in [0.29, 0.717) is 5.56 Å². The Morgan fingerprint density at radius 2 is 1.73 bits per heavy atom. The van der Waals surface area contributed by atoms with E-state index in [2.05, 4.69) is 5.32 Å². The van der Waals surface area contributed by atoms with Crippen molar-refractivity contribution in [3.8, 4) is 0 Å². The molecule has 0 radical (unpaired) electrons. The van der Waals surface area contributed by atoms with Crippen molar-refractivity contribution in [3.63, 3.8) is 0 Å². The fourth-order valence-electron chi connectivity index (χ4n) is 1.01. The van der Waals surface area contributed by atoms with Crippen LogP contribution in [0.3, 0.4) is 0 Å². The fraction of sp³-hybridized carbons (Fsp3) is 0.222. The highest BCUT2D eigenvalue weighted by Gasteiger charge is 2.26. The SMILES string of the molecule is CNC(=O)c1ccc(NC(F)(F)F)cc1. The van der Waals surface area contributed by atoms with Gasteiger partial charge < -0.3 is 5.32 Å². The number of rotatable bonds is 2. The van der Waals surface area contributed by atoms with Crippen LogP contribution in [-0.4, -0.2) is 19.3 Å². The van der Waals surface area contributed by atoms with E-state index in [1.54, 1.807) is 0 Å². The van der Waals surface area contributed by atoms with Gasteiger partial charge in [-0.2, -0.15) is 13.2 Å². The molecule has 0 aromatic heterocycles. The standard InChI is InChI=1S/C9H9F3N2O/c1-13-8(15)6-2-4-7(5-3-6)14-9(10,11)12/h2-5,14H,1H3,(H,13,15). The highest BCUT2D eigenvalue weighted by molar-refractivity contribution is 5.94. The number of carbonyl (C=O) groups excluding carboxylic acids is 1. The second kappa shape index (κ2) is 4.20. The molecule has 0 saturated carbocycles. The maximum absolute atomic E-state index is 11.9. The zero-order valence-corrected chi connectivity index (χ0v) is 7.85. The monoisotopic (exact) mass is 218 g/mol. The zero-order chi connectivity index (χ0) is 11.5. The normalized spacial score (nSPS) is 10.9. The summed E-state index contributed by atoms with van der Waals surface area (Å²) in [5, 5.41) is 3.70. The van der Waals surface area contributed by atoms with E-state index in [1.165, 1.54) is 36.6 Å². The number of amides is 1. The van der Waals surface area contributed by atoms with Crippen molar-refractivity contribution in [2.75, 3.05) is 12.4 Å². The number of hydrogen-bond acceptors (Lipinski definition) is 2.